The fraction of sp³-hybridized carbons (Fsp3) is 0. The van der Waals surface area contributed by atoms with Gasteiger partial charge in [-0.05, 0) is 132 Å². The monoisotopic (exact) mass is 798 g/mol. The van der Waals surface area contributed by atoms with E-state index in [1.807, 2.05) is 231 Å². The van der Waals surface area contributed by atoms with Crippen LogP contribution in [0.25, 0.3) is 11.1 Å². The summed E-state index contributed by atoms with van der Waals surface area (Å²) in [5.41, 5.74) is 2.10. The summed E-state index contributed by atoms with van der Waals surface area (Å²) < 4.78 is 42.8. The Hall–Kier alpha value is -8.42. The van der Waals surface area contributed by atoms with E-state index in [0.29, 0.717) is 63.2 Å². The summed E-state index contributed by atoms with van der Waals surface area (Å²) in [6.07, 6.45) is 0. The van der Waals surface area contributed by atoms with Crippen LogP contribution in [0.5, 0.6) is 80.5 Å². The highest BCUT2D eigenvalue weighted by molar-refractivity contribution is 5.65. The van der Waals surface area contributed by atoms with Gasteiger partial charge in [-0.3, -0.25) is 0 Å². The van der Waals surface area contributed by atoms with Gasteiger partial charge < -0.3 is 33.2 Å². The molecule has 9 rings (SSSR count). The van der Waals surface area contributed by atoms with Crippen LogP contribution in [0.1, 0.15) is 0 Å². The molecule has 0 saturated heterocycles. The molecule has 0 unspecified atom stereocenters. The summed E-state index contributed by atoms with van der Waals surface area (Å²) in [4.78, 5) is 0. The molecule has 0 radical (unpaired) electrons. The third-order valence-electron chi connectivity index (χ3n) is 9.25. The Bertz CT molecular complexity index is 2810. The zero-order chi connectivity index (χ0) is 41.1. The molecule has 0 aliphatic rings. The molecule has 9 aromatic rings. The van der Waals surface area contributed by atoms with Crippen molar-refractivity contribution in [1.82, 2.24) is 0 Å². The lowest BCUT2D eigenvalue weighted by atomic mass is 10.1. The number of benzene rings is 9. The van der Waals surface area contributed by atoms with Gasteiger partial charge in [-0.15, -0.1) is 0 Å². The van der Waals surface area contributed by atoms with Crippen LogP contribution < -0.4 is 33.2 Å². The van der Waals surface area contributed by atoms with Crippen LogP contribution >= 0.6 is 0 Å². The van der Waals surface area contributed by atoms with Crippen molar-refractivity contribution in [3.63, 3.8) is 0 Å². The van der Waals surface area contributed by atoms with E-state index in [-0.39, 0.29) is 0 Å². The fourth-order valence-corrected chi connectivity index (χ4v) is 6.34. The normalized spacial score (nSPS) is 10.6. The average Bonchev–Trinajstić information content (AvgIpc) is 3.29. The predicted molar refractivity (Wildman–Crippen MR) is 237 cm³/mol. The van der Waals surface area contributed by atoms with Gasteiger partial charge in [0.15, 0.2) is 11.5 Å². The molecule has 0 aliphatic carbocycles. The summed E-state index contributed by atoms with van der Waals surface area (Å²) in [7, 11) is 0. The van der Waals surface area contributed by atoms with Crippen molar-refractivity contribution in [1.29, 1.82) is 0 Å². The molecule has 0 fully saturated rings. The first-order chi connectivity index (χ1) is 30.1. The molecule has 0 spiro atoms. The minimum Gasteiger partial charge on any atom is -0.457 e. The van der Waals surface area contributed by atoms with Crippen LogP contribution in [0.15, 0.2) is 231 Å². The van der Waals surface area contributed by atoms with Gasteiger partial charge >= 0.3 is 0 Å². The summed E-state index contributed by atoms with van der Waals surface area (Å²) in [6.45, 7) is 0. The summed E-state index contributed by atoms with van der Waals surface area (Å²) in [5, 5.41) is 0. The van der Waals surface area contributed by atoms with Gasteiger partial charge in [0.2, 0.25) is 0 Å². The molecule has 0 aromatic heterocycles. The molecule has 0 bridgehead atoms. The van der Waals surface area contributed by atoms with Crippen molar-refractivity contribution in [3.05, 3.63) is 231 Å². The average molecular weight is 799 g/mol. The Labute approximate surface area is 354 Å². The zero-order valence-electron chi connectivity index (χ0n) is 32.8. The Kier molecular flexibility index (Phi) is 11.5. The number of ether oxygens (including phenoxy) is 7. The Morgan fingerprint density at radius 2 is 0.393 bits per heavy atom. The van der Waals surface area contributed by atoms with E-state index >= 15 is 0 Å². The SMILES string of the molecule is c1ccc(Oc2cccc(Oc3cccc(Oc4ccc(-c5ccc(Oc6ccc(Oc7cccc(Oc8ccccc8Oc8ccccc8)c7)cc6)cc5)cc4)c3)c2)cc1. The third kappa shape index (κ3) is 10.4. The first-order valence-corrected chi connectivity index (χ1v) is 19.7. The minimum absolute atomic E-state index is 0.597. The number of rotatable bonds is 15. The van der Waals surface area contributed by atoms with E-state index in [1.54, 1.807) is 0 Å². The third-order valence-corrected chi connectivity index (χ3v) is 9.25. The van der Waals surface area contributed by atoms with Crippen LogP contribution in [0.2, 0.25) is 0 Å². The molecule has 9 aromatic carbocycles. The molecule has 296 valence electrons. The van der Waals surface area contributed by atoms with Crippen LogP contribution in [0, 0.1) is 0 Å². The Morgan fingerprint density at radius 1 is 0.164 bits per heavy atom. The second-order valence-corrected chi connectivity index (χ2v) is 13.7. The molecule has 0 atom stereocenters. The molecule has 0 saturated carbocycles. The molecule has 0 amide bonds. The van der Waals surface area contributed by atoms with Crippen LogP contribution in [0.3, 0.4) is 0 Å². The highest BCUT2D eigenvalue weighted by Gasteiger charge is 2.10. The van der Waals surface area contributed by atoms with E-state index in [0.717, 1.165) is 28.4 Å². The van der Waals surface area contributed by atoms with Gasteiger partial charge in [0, 0.05) is 18.2 Å². The lowest BCUT2D eigenvalue weighted by Crippen LogP contribution is -1.91. The lowest BCUT2D eigenvalue weighted by Gasteiger charge is -2.13. The van der Waals surface area contributed by atoms with E-state index in [9.17, 15) is 0 Å². The second kappa shape index (κ2) is 18.4. The predicted octanol–water partition coefficient (Wildman–Crippen LogP) is 15.9. The van der Waals surface area contributed by atoms with Crippen LogP contribution in [0.4, 0.5) is 0 Å². The van der Waals surface area contributed by atoms with Gasteiger partial charge in [-0.1, -0.05) is 91.0 Å². The highest BCUT2D eigenvalue weighted by atomic mass is 16.5. The first kappa shape index (κ1) is 38.1. The number of hydrogen-bond donors (Lipinski definition) is 0. The van der Waals surface area contributed by atoms with Crippen LogP contribution in [-0.2, 0) is 0 Å². The van der Waals surface area contributed by atoms with Gasteiger partial charge in [-0.25, -0.2) is 0 Å². The standard InChI is InChI=1S/C54H38O7/c1-3-12-41(13-4-1)56-47-16-9-19-50(36-47)59-51-20-10-17-48(37-51)57-44-30-26-40(27-31-44)39-24-28-43(29-25-39)55-45-32-34-46(35-33-45)58-49-18-11-21-52(38-49)61-54-23-8-7-22-53(54)60-42-14-5-2-6-15-42/h1-38H. The first-order valence-electron chi connectivity index (χ1n) is 19.7. The van der Waals surface area contributed by atoms with E-state index < -0.39 is 0 Å². The fourth-order valence-electron chi connectivity index (χ4n) is 6.34. The van der Waals surface area contributed by atoms with Crippen molar-refractivity contribution in [2.45, 2.75) is 0 Å². The molecule has 7 nitrogen and oxygen atoms in total. The van der Waals surface area contributed by atoms with Crippen molar-refractivity contribution < 1.29 is 33.2 Å². The van der Waals surface area contributed by atoms with Crippen molar-refractivity contribution in [3.8, 4) is 91.6 Å². The maximum atomic E-state index is 6.21. The molecule has 0 heterocycles. The molecule has 0 N–H and O–H groups in total. The number of para-hydroxylation sites is 4. The highest BCUT2D eigenvalue weighted by Crippen LogP contribution is 2.37. The zero-order valence-corrected chi connectivity index (χ0v) is 32.8. The van der Waals surface area contributed by atoms with Gasteiger partial charge in [0.05, 0.1) is 0 Å². The van der Waals surface area contributed by atoms with Gasteiger partial charge in [0.1, 0.15) is 69.0 Å². The molecular weight excluding hydrogens is 761 g/mol. The maximum absolute atomic E-state index is 6.21. The lowest BCUT2D eigenvalue weighted by molar-refractivity contribution is 0.415. The largest absolute Gasteiger partial charge is 0.457 e. The van der Waals surface area contributed by atoms with Crippen LogP contribution in [-0.4, -0.2) is 0 Å². The summed E-state index contributed by atoms with van der Waals surface area (Å²) >= 11 is 0. The molecular formula is C54H38O7. The summed E-state index contributed by atoms with van der Waals surface area (Å²) in [5.74, 6) is 9.41. The second-order valence-electron chi connectivity index (χ2n) is 13.7. The van der Waals surface area contributed by atoms with Crippen molar-refractivity contribution >= 4 is 0 Å². The quantitative estimate of drug-likeness (QED) is 0.102. The molecule has 0 aliphatic heterocycles. The topological polar surface area (TPSA) is 64.6 Å². The maximum Gasteiger partial charge on any atom is 0.169 e. The van der Waals surface area contributed by atoms with Gasteiger partial charge in [0.25, 0.3) is 0 Å². The number of hydrogen-bond acceptors (Lipinski definition) is 7. The van der Waals surface area contributed by atoms with E-state index in [2.05, 4.69) is 0 Å². The molecule has 7 heteroatoms. The minimum atomic E-state index is 0.597. The smallest absolute Gasteiger partial charge is 0.169 e. The van der Waals surface area contributed by atoms with Crippen molar-refractivity contribution in [2.24, 2.45) is 0 Å². The summed E-state index contributed by atoms with van der Waals surface area (Å²) in [6, 6.07) is 72.8. The van der Waals surface area contributed by atoms with E-state index in [1.165, 1.54) is 0 Å². The Morgan fingerprint density at radius 3 is 0.770 bits per heavy atom. The van der Waals surface area contributed by atoms with Crippen molar-refractivity contribution in [2.75, 3.05) is 0 Å². The van der Waals surface area contributed by atoms with E-state index in [4.69, 9.17) is 33.2 Å². The van der Waals surface area contributed by atoms with Gasteiger partial charge in [-0.2, -0.15) is 0 Å². The Balaban J connectivity index is 0.770. The molecule has 61 heavy (non-hydrogen) atoms.